The fraction of sp³-hybridized carbons (Fsp3) is 0.278. The van der Waals surface area contributed by atoms with Crippen molar-refractivity contribution in [2.45, 2.75) is 26.7 Å². The molecule has 0 unspecified atom stereocenters. The van der Waals surface area contributed by atoms with Crippen LogP contribution in [0, 0.1) is 6.92 Å². The van der Waals surface area contributed by atoms with Crippen molar-refractivity contribution in [2.24, 2.45) is 5.10 Å². The van der Waals surface area contributed by atoms with Crippen LogP contribution in [0.5, 0.6) is 5.75 Å². The van der Waals surface area contributed by atoms with Crippen LogP contribution in [0.4, 0.5) is 5.69 Å². The minimum Gasteiger partial charge on any atom is -0.494 e. The number of ether oxygens (including phenoxy) is 1. The van der Waals surface area contributed by atoms with Gasteiger partial charge in [0.15, 0.2) is 0 Å². The number of anilines is 1. The molecule has 0 saturated carbocycles. The summed E-state index contributed by atoms with van der Waals surface area (Å²) in [5, 5.41) is 4.94. The van der Waals surface area contributed by atoms with Gasteiger partial charge in [-0.25, -0.2) is 0 Å². The summed E-state index contributed by atoms with van der Waals surface area (Å²) in [5.41, 5.74) is 5.90. The molecule has 116 valence electrons. The molecule has 1 N–H and O–H groups in total. The molecule has 0 atom stereocenters. The van der Waals surface area contributed by atoms with Gasteiger partial charge in [0, 0.05) is 5.02 Å². The lowest BCUT2D eigenvalue weighted by molar-refractivity contribution is 0.309. The summed E-state index contributed by atoms with van der Waals surface area (Å²) in [6.07, 6.45) is 3.98. The van der Waals surface area contributed by atoms with Crippen LogP contribution >= 0.6 is 11.6 Å². The zero-order valence-corrected chi connectivity index (χ0v) is 13.7. The fourth-order valence-corrected chi connectivity index (χ4v) is 2.01. The zero-order valence-electron chi connectivity index (χ0n) is 13.0. The summed E-state index contributed by atoms with van der Waals surface area (Å²) < 4.78 is 5.62. The van der Waals surface area contributed by atoms with Gasteiger partial charge >= 0.3 is 0 Å². The van der Waals surface area contributed by atoms with E-state index >= 15 is 0 Å². The molecule has 0 aliphatic rings. The van der Waals surface area contributed by atoms with Crippen molar-refractivity contribution in [3.63, 3.8) is 0 Å². The number of halogens is 1. The first-order valence-corrected chi connectivity index (χ1v) is 7.85. The lowest BCUT2D eigenvalue weighted by Gasteiger charge is -2.05. The average Bonchev–Trinajstić information content (AvgIpc) is 2.53. The largest absolute Gasteiger partial charge is 0.494 e. The highest BCUT2D eigenvalue weighted by molar-refractivity contribution is 6.31. The second kappa shape index (κ2) is 8.44. The summed E-state index contributed by atoms with van der Waals surface area (Å²) in [6.45, 7) is 4.89. The molecule has 22 heavy (non-hydrogen) atoms. The van der Waals surface area contributed by atoms with Crippen LogP contribution in [0.2, 0.25) is 5.02 Å². The first-order valence-electron chi connectivity index (χ1n) is 7.47. The van der Waals surface area contributed by atoms with E-state index < -0.39 is 0 Å². The summed E-state index contributed by atoms with van der Waals surface area (Å²) in [5.74, 6) is 0.892. The topological polar surface area (TPSA) is 33.6 Å². The molecule has 0 heterocycles. The van der Waals surface area contributed by atoms with E-state index in [1.807, 2.05) is 49.4 Å². The first-order chi connectivity index (χ1) is 10.7. The minimum atomic E-state index is 0.730. The maximum absolute atomic E-state index is 6.07. The first kappa shape index (κ1) is 16.4. The molecule has 4 heteroatoms. The normalized spacial score (nSPS) is 10.9. The number of aryl methyl sites for hydroxylation is 1. The Morgan fingerprint density at radius 2 is 1.95 bits per heavy atom. The second-order valence-corrected chi connectivity index (χ2v) is 5.51. The Morgan fingerprint density at radius 3 is 2.64 bits per heavy atom. The Balaban J connectivity index is 1.88. The van der Waals surface area contributed by atoms with E-state index in [4.69, 9.17) is 16.3 Å². The molecule has 2 aromatic rings. The highest BCUT2D eigenvalue weighted by Crippen LogP contribution is 2.19. The van der Waals surface area contributed by atoms with Crippen molar-refractivity contribution in [1.29, 1.82) is 0 Å². The number of hydrogen-bond donors (Lipinski definition) is 1. The minimum absolute atomic E-state index is 0.730. The molecule has 0 bridgehead atoms. The van der Waals surface area contributed by atoms with Gasteiger partial charge in [-0.15, -0.1) is 0 Å². The summed E-state index contributed by atoms with van der Waals surface area (Å²) in [7, 11) is 0. The number of benzene rings is 2. The van der Waals surface area contributed by atoms with Gasteiger partial charge in [0.1, 0.15) is 5.75 Å². The number of hydrogen-bond acceptors (Lipinski definition) is 3. The SMILES string of the molecule is CCCCOc1ccc(/C=N/Nc2ccc(C)c(Cl)c2)cc1. The van der Waals surface area contributed by atoms with E-state index in [2.05, 4.69) is 17.5 Å². The van der Waals surface area contributed by atoms with Gasteiger partial charge in [0.05, 0.1) is 18.5 Å². The van der Waals surface area contributed by atoms with Gasteiger partial charge in [-0.2, -0.15) is 5.10 Å². The lowest BCUT2D eigenvalue weighted by atomic mass is 10.2. The van der Waals surface area contributed by atoms with Gasteiger partial charge < -0.3 is 4.74 Å². The van der Waals surface area contributed by atoms with E-state index in [1.165, 1.54) is 0 Å². The number of rotatable bonds is 7. The third-order valence-corrected chi connectivity index (χ3v) is 3.63. The Morgan fingerprint density at radius 1 is 1.18 bits per heavy atom. The molecular weight excluding hydrogens is 296 g/mol. The van der Waals surface area contributed by atoms with Crippen molar-refractivity contribution >= 4 is 23.5 Å². The van der Waals surface area contributed by atoms with Crippen molar-refractivity contribution in [2.75, 3.05) is 12.0 Å². The third-order valence-electron chi connectivity index (χ3n) is 3.23. The standard InChI is InChI=1S/C18H21ClN2O/c1-3-4-11-22-17-9-6-15(7-10-17)13-20-21-16-8-5-14(2)18(19)12-16/h5-10,12-13,21H,3-4,11H2,1-2H3/b20-13+. The summed E-state index contributed by atoms with van der Waals surface area (Å²) in [6, 6.07) is 13.6. The Hall–Kier alpha value is -2.00. The second-order valence-electron chi connectivity index (χ2n) is 5.11. The van der Waals surface area contributed by atoms with Crippen LogP contribution in [-0.4, -0.2) is 12.8 Å². The molecule has 0 saturated heterocycles. The Kier molecular flexibility index (Phi) is 6.28. The molecule has 0 aromatic heterocycles. The maximum atomic E-state index is 6.07. The van der Waals surface area contributed by atoms with Gasteiger partial charge in [-0.3, -0.25) is 5.43 Å². The predicted octanol–water partition coefficient (Wildman–Crippen LogP) is 5.27. The number of unbranched alkanes of at least 4 members (excludes halogenated alkanes) is 1. The van der Waals surface area contributed by atoms with Crippen LogP contribution in [0.15, 0.2) is 47.6 Å². The van der Waals surface area contributed by atoms with Crippen molar-refractivity contribution in [1.82, 2.24) is 0 Å². The van der Waals surface area contributed by atoms with Crippen molar-refractivity contribution < 1.29 is 4.74 Å². The van der Waals surface area contributed by atoms with Crippen molar-refractivity contribution in [3.8, 4) is 5.75 Å². The van der Waals surface area contributed by atoms with Crippen LogP contribution in [0.1, 0.15) is 30.9 Å². The molecular formula is C18H21ClN2O. The van der Waals surface area contributed by atoms with Crippen molar-refractivity contribution in [3.05, 3.63) is 58.6 Å². The highest BCUT2D eigenvalue weighted by atomic mass is 35.5. The van der Waals surface area contributed by atoms with Gasteiger partial charge in [-0.05, 0) is 60.9 Å². The van der Waals surface area contributed by atoms with Crippen LogP contribution in [0.25, 0.3) is 0 Å². The van der Waals surface area contributed by atoms with E-state index in [-0.39, 0.29) is 0 Å². The number of nitrogens with zero attached hydrogens (tertiary/aromatic N) is 1. The molecule has 0 aliphatic carbocycles. The van der Waals surface area contributed by atoms with E-state index in [9.17, 15) is 0 Å². The van der Waals surface area contributed by atoms with Gasteiger partial charge in [0.2, 0.25) is 0 Å². The average molecular weight is 317 g/mol. The smallest absolute Gasteiger partial charge is 0.119 e. The van der Waals surface area contributed by atoms with Gasteiger partial charge in [-0.1, -0.05) is 31.0 Å². The molecule has 0 fully saturated rings. The van der Waals surface area contributed by atoms with Gasteiger partial charge in [0.25, 0.3) is 0 Å². The predicted molar refractivity (Wildman–Crippen MR) is 94.3 cm³/mol. The third kappa shape index (κ3) is 5.08. The number of nitrogens with one attached hydrogen (secondary N) is 1. The zero-order chi connectivity index (χ0) is 15.8. The number of hydrazone groups is 1. The Labute approximate surface area is 137 Å². The monoisotopic (exact) mass is 316 g/mol. The highest BCUT2D eigenvalue weighted by Gasteiger charge is 1.96. The molecule has 0 radical (unpaired) electrons. The van der Waals surface area contributed by atoms with Crippen LogP contribution in [-0.2, 0) is 0 Å². The fourth-order valence-electron chi connectivity index (χ4n) is 1.83. The molecule has 0 amide bonds. The molecule has 0 aliphatic heterocycles. The summed E-state index contributed by atoms with van der Waals surface area (Å²) in [4.78, 5) is 0. The lowest BCUT2D eigenvalue weighted by Crippen LogP contribution is -1.96. The summed E-state index contributed by atoms with van der Waals surface area (Å²) >= 11 is 6.07. The van der Waals surface area contributed by atoms with E-state index in [0.717, 1.165) is 47.0 Å². The Bertz CT molecular complexity index is 623. The molecule has 3 nitrogen and oxygen atoms in total. The molecule has 2 rings (SSSR count). The quantitative estimate of drug-likeness (QED) is 0.428. The maximum Gasteiger partial charge on any atom is 0.119 e. The van der Waals surface area contributed by atoms with E-state index in [0.29, 0.717) is 0 Å². The molecule has 2 aromatic carbocycles. The van der Waals surface area contributed by atoms with E-state index in [1.54, 1.807) is 6.21 Å². The van der Waals surface area contributed by atoms with Crippen LogP contribution in [0.3, 0.4) is 0 Å². The molecule has 0 spiro atoms. The van der Waals surface area contributed by atoms with Crippen LogP contribution < -0.4 is 10.2 Å².